The van der Waals surface area contributed by atoms with E-state index in [1.807, 2.05) is 0 Å². The van der Waals surface area contributed by atoms with Crippen molar-refractivity contribution in [3.63, 3.8) is 0 Å². The maximum Gasteiger partial charge on any atom is 0.435 e. The summed E-state index contributed by atoms with van der Waals surface area (Å²) in [6.45, 7) is -0.0522. The number of halogens is 3. The van der Waals surface area contributed by atoms with Gasteiger partial charge in [0, 0.05) is 24.2 Å². The topological polar surface area (TPSA) is 73.2 Å². The van der Waals surface area contributed by atoms with Crippen molar-refractivity contribution >= 4 is 10.0 Å². The minimum Gasteiger partial charge on any atom is -0.497 e. The molecule has 0 unspecified atom stereocenters. The smallest absolute Gasteiger partial charge is 0.435 e. The number of benzene rings is 1. The summed E-state index contributed by atoms with van der Waals surface area (Å²) in [5.41, 5.74) is -0.451. The Balaban J connectivity index is 1.70. The molecule has 1 aliphatic rings. The number of alkyl halides is 3. The molecule has 1 saturated carbocycles. The molecule has 0 bridgehead atoms. The Morgan fingerprint density at radius 2 is 2.04 bits per heavy atom. The van der Waals surface area contributed by atoms with Crippen LogP contribution in [0.25, 0.3) is 0 Å². The summed E-state index contributed by atoms with van der Waals surface area (Å²) in [6, 6.07) is 6.99. The van der Waals surface area contributed by atoms with Gasteiger partial charge in [0.05, 0.1) is 18.6 Å². The van der Waals surface area contributed by atoms with Gasteiger partial charge in [-0.25, -0.2) is 13.1 Å². The second kappa shape index (κ2) is 6.92. The Kier molecular flexibility index (Phi) is 4.98. The quantitative estimate of drug-likeness (QED) is 0.790. The largest absolute Gasteiger partial charge is 0.497 e. The summed E-state index contributed by atoms with van der Waals surface area (Å²) in [6.07, 6.45) is -2.88. The molecule has 1 fully saturated rings. The molecule has 6 nitrogen and oxygen atoms in total. The van der Waals surface area contributed by atoms with Gasteiger partial charge in [0.15, 0.2) is 5.69 Å². The monoisotopic (exact) mass is 389 g/mol. The van der Waals surface area contributed by atoms with Crippen LogP contribution in [0.3, 0.4) is 0 Å². The molecule has 0 aliphatic heterocycles. The molecule has 1 aromatic heterocycles. The van der Waals surface area contributed by atoms with Crippen LogP contribution < -0.4 is 9.46 Å². The van der Waals surface area contributed by atoms with Crippen LogP contribution in [-0.4, -0.2) is 31.9 Å². The van der Waals surface area contributed by atoms with Gasteiger partial charge in [-0.1, -0.05) is 6.07 Å². The van der Waals surface area contributed by atoms with E-state index in [2.05, 4.69) is 9.82 Å². The number of methoxy groups -OCH3 is 1. The molecule has 2 aromatic rings. The highest BCUT2D eigenvalue weighted by Crippen LogP contribution is 2.42. The first-order valence-corrected chi connectivity index (χ1v) is 9.47. The van der Waals surface area contributed by atoms with Gasteiger partial charge in [-0.2, -0.15) is 18.3 Å². The third-order valence-electron chi connectivity index (χ3n) is 4.06. The van der Waals surface area contributed by atoms with E-state index >= 15 is 0 Å². The lowest BCUT2D eigenvalue weighted by molar-refractivity contribution is -0.141. The molecule has 1 heterocycles. The number of rotatable bonds is 7. The van der Waals surface area contributed by atoms with Crippen molar-refractivity contribution in [1.29, 1.82) is 0 Å². The lowest BCUT2D eigenvalue weighted by atomic mass is 10.2. The van der Waals surface area contributed by atoms with Crippen LogP contribution in [0, 0.1) is 0 Å². The predicted molar refractivity (Wildman–Crippen MR) is 87.4 cm³/mol. The number of nitrogens with one attached hydrogen (secondary N) is 1. The number of hydrogen-bond donors (Lipinski definition) is 1. The van der Waals surface area contributed by atoms with Gasteiger partial charge in [0.1, 0.15) is 5.75 Å². The third-order valence-corrected chi connectivity index (χ3v) is 5.52. The van der Waals surface area contributed by atoms with Crippen LogP contribution in [-0.2, 0) is 22.7 Å². The van der Waals surface area contributed by atoms with Crippen molar-refractivity contribution in [1.82, 2.24) is 14.5 Å². The van der Waals surface area contributed by atoms with Gasteiger partial charge in [-0.05, 0) is 31.0 Å². The van der Waals surface area contributed by atoms with Crippen molar-refractivity contribution in [3.05, 3.63) is 41.7 Å². The highest BCUT2D eigenvalue weighted by molar-refractivity contribution is 7.89. The van der Waals surface area contributed by atoms with E-state index < -0.39 is 21.9 Å². The van der Waals surface area contributed by atoms with E-state index in [9.17, 15) is 21.6 Å². The van der Waals surface area contributed by atoms with E-state index in [0.717, 1.165) is 18.9 Å². The average molecular weight is 389 g/mol. The fourth-order valence-corrected chi connectivity index (χ4v) is 3.65. The van der Waals surface area contributed by atoms with Crippen LogP contribution in [0.2, 0.25) is 0 Å². The summed E-state index contributed by atoms with van der Waals surface area (Å²) < 4.78 is 71.9. The van der Waals surface area contributed by atoms with E-state index in [1.54, 1.807) is 12.1 Å². The second-order valence-electron chi connectivity index (χ2n) is 6.03. The van der Waals surface area contributed by atoms with Crippen LogP contribution in [0.4, 0.5) is 13.2 Å². The van der Waals surface area contributed by atoms with Crippen LogP contribution in [0.1, 0.15) is 30.1 Å². The standard InChI is InChI=1S/C16H18F3N3O3S/c1-25-12-3-2-4-13(9-12)26(23,24)20-7-8-22-14(11-5-6-11)10-15(21-22)16(17,18)19/h2-4,9-11,20H,5-8H2,1H3. The van der Waals surface area contributed by atoms with Crippen LogP contribution >= 0.6 is 0 Å². The molecule has 142 valence electrons. The Bertz CT molecular complexity index is 890. The van der Waals surface area contributed by atoms with Crippen molar-refractivity contribution in [2.75, 3.05) is 13.7 Å². The first-order chi connectivity index (χ1) is 12.2. The number of ether oxygens (including phenoxy) is 1. The first-order valence-electron chi connectivity index (χ1n) is 7.99. The van der Waals surface area contributed by atoms with Gasteiger partial charge in [-0.3, -0.25) is 4.68 Å². The molecule has 0 spiro atoms. The summed E-state index contributed by atoms with van der Waals surface area (Å²) in [5, 5.41) is 3.60. The number of nitrogens with zero attached hydrogens (tertiary/aromatic N) is 2. The van der Waals surface area contributed by atoms with E-state index in [-0.39, 0.29) is 23.9 Å². The zero-order valence-electron chi connectivity index (χ0n) is 14.0. The van der Waals surface area contributed by atoms with E-state index in [4.69, 9.17) is 4.74 Å². The molecule has 0 amide bonds. The van der Waals surface area contributed by atoms with Gasteiger partial charge in [-0.15, -0.1) is 0 Å². The second-order valence-corrected chi connectivity index (χ2v) is 7.79. The van der Waals surface area contributed by atoms with Gasteiger partial charge >= 0.3 is 6.18 Å². The minimum atomic E-state index is -4.52. The zero-order valence-corrected chi connectivity index (χ0v) is 14.8. The third kappa shape index (κ3) is 4.18. The molecule has 1 aliphatic carbocycles. The summed E-state index contributed by atoms with van der Waals surface area (Å²) in [7, 11) is -2.37. The lowest BCUT2D eigenvalue weighted by Gasteiger charge is -2.10. The Morgan fingerprint density at radius 3 is 2.65 bits per heavy atom. The Morgan fingerprint density at radius 1 is 1.31 bits per heavy atom. The summed E-state index contributed by atoms with van der Waals surface area (Å²) in [4.78, 5) is 0.0238. The average Bonchev–Trinajstić information content (AvgIpc) is 3.33. The maximum absolute atomic E-state index is 12.9. The molecular weight excluding hydrogens is 371 g/mol. The van der Waals surface area contributed by atoms with Gasteiger partial charge < -0.3 is 4.74 Å². The molecule has 0 atom stereocenters. The van der Waals surface area contributed by atoms with E-state index in [0.29, 0.717) is 11.4 Å². The highest BCUT2D eigenvalue weighted by atomic mass is 32.2. The number of hydrogen-bond acceptors (Lipinski definition) is 4. The van der Waals surface area contributed by atoms with E-state index in [1.165, 1.54) is 23.9 Å². The maximum atomic E-state index is 12.9. The molecule has 1 N–H and O–H groups in total. The molecule has 3 rings (SSSR count). The molecule has 26 heavy (non-hydrogen) atoms. The molecule has 0 radical (unpaired) electrons. The van der Waals surface area contributed by atoms with Crippen molar-refractivity contribution in [3.8, 4) is 5.75 Å². The normalized spacial score (nSPS) is 15.2. The fraction of sp³-hybridized carbons (Fsp3) is 0.438. The highest BCUT2D eigenvalue weighted by Gasteiger charge is 2.37. The van der Waals surface area contributed by atoms with Gasteiger partial charge in [0.25, 0.3) is 0 Å². The summed E-state index contributed by atoms with van der Waals surface area (Å²) in [5.74, 6) is 0.458. The number of sulfonamides is 1. The van der Waals surface area contributed by atoms with Gasteiger partial charge in [0.2, 0.25) is 10.0 Å². The zero-order chi connectivity index (χ0) is 18.9. The number of aromatic nitrogens is 2. The van der Waals surface area contributed by atoms with Crippen molar-refractivity contribution in [2.24, 2.45) is 0 Å². The molecule has 0 saturated heterocycles. The Hall–Kier alpha value is -2.07. The van der Waals surface area contributed by atoms with Crippen molar-refractivity contribution < 1.29 is 26.3 Å². The SMILES string of the molecule is COc1cccc(S(=O)(=O)NCCn2nc(C(F)(F)F)cc2C2CC2)c1. The molecule has 1 aromatic carbocycles. The lowest BCUT2D eigenvalue weighted by Crippen LogP contribution is -2.28. The van der Waals surface area contributed by atoms with Crippen LogP contribution in [0.15, 0.2) is 35.2 Å². The Labute approximate surface area is 149 Å². The molecule has 10 heteroatoms. The summed E-state index contributed by atoms with van der Waals surface area (Å²) >= 11 is 0. The predicted octanol–water partition coefficient (Wildman–Crippen LogP) is 2.77. The van der Waals surface area contributed by atoms with Crippen LogP contribution in [0.5, 0.6) is 5.75 Å². The fourth-order valence-electron chi connectivity index (χ4n) is 2.59. The van der Waals surface area contributed by atoms with Crippen molar-refractivity contribution in [2.45, 2.75) is 36.4 Å². The molecular formula is C16H18F3N3O3S. The minimum absolute atomic E-state index is 0.0190. The first kappa shape index (κ1) is 18.7.